The standard InChI is InChI=1S/C9H12N4O4S/c14-5-7-3-8(4-10-7)18(15,16)12-2-1-9-11-6-17-13-9/h3-4,6,10,12,14H,1-2,5H2. The summed E-state index contributed by atoms with van der Waals surface area (Å²) in [7, 11) is -3.58. The van der Waals surface area contributed by atoms with E-state index in [1.165, 1.54) is 18.7 Å². The highest BCUT2D eigenvalue weighted by Crippen LogP contribution is 2.10. The Bertz CT molecular complexity index is 590. The van der Waals surface area contributed by atoms with Crippen molar-refractivity contribution in [1.82, 2.24) is 19.8 Å². The molecule has 0 aliphatic rings. The van der Waals surface area contributed by atoms with E-state index in [9.17, 15) is 8.42 Å². The van der Waals surface area contributed by atoms with Crippen molar-refractivity contribution in [3.63, 3.8) is 0 Å². The first kappa shape index (κ1) is 12.7. The summed E-state index contributed by atoms with van der Waals surface area (Å²) < 4.78 is 30.6. The SMILES string of the molecule is O=S(=O)(NCCc1ncon1)c1c[nH]c(CO)c1. The maximum atomic E-state index is 11.8. The summed E-state index contributed by atoms with van der Waals surface area (Å²) in [6.45, 7) is -0.0696. The molecule has 18 heavy (non-hydrogen) atoms. The third kappa shape index (κ3) is 2.94. The van der Waals surface area contributed by atoms with E-state index in [1.807, 2.05) is 0 Å². The lowest BCUT2D eigenvalue weighted by atomic mass is 10.4. The third-order valence-electron chi connectivity index (χ3n) is 2.24. The molecule has 0 fully saturated rings. The summed E-state index contributed by atoms with van der Waals surface area (Å²) >= 11 is 0. The Hall–Kier alpha value is -1.71. The summed E-state index contributed by atoms with van der Waals surface area (Å²) in [5.74, 6) is 0.433. The minimum atomic E-state index is -3.58. The molecule has 2 aromatic rings. The van der Waals surface area contributed by atoms with Crippen LogP contribution < -0.4 is 4.72 Å². The molecule has 0 radical (unpaired) electrons. The molecule has 8 nitrogen and oxygen atoms in total. The number of aliphatic hydroxyl groups is 1. The van der Waals surface area contributed by atoms with E-state index in [2.05, 4.69) is 24.4 Å². The topological polar surface area (TPSA) is 121 Å². The Morgan fingerprint density at radius 1 is 1.50 bits per heavy atom. The van der Waals surface area contributed by atoms with Gasteiger partial charge in [0.15, 0.2) is 5.82 Å². The van der Waals surface area contributed by atoms with Crippen molar-refractivity contribution in [3.05, 3.63) is 30.2 Å². The number of aromatic nitrogens is 3. The van der Waals surface area contributed by atoms with Gasteiger partial charge in [-0.3, -0.25) is 0 Å². The highest BCUT2D eigenvalue weighted by molar-refractivity contribution is 7.89. The Morgan fingerprint density at radius 3 is 2.94 bits per heavy atom. The predicted molar refractivity (Wildman–Crippen MR) is 59.9 cm³/mol. The fourth-order valence-electron chi connectivity index (χ4n) is 1.35. The molecule has 0 unspecified atom stereocenters. The van der Waals surface area contributed by atoms with Crippen molar-refractivity contribution in [1.29, 1.82) is 0 Å². The normalized spacial score (nSPS) is 11.8. The first-order valence-electron chi connectivity index (χ1n) is 5.15. The van der Waals surface area contributed by atoms with Crippen LogP contribution in [0.5, 0.6) is 0 Å². The molecule has 2 heterocycles. The quantitative estimate of drug-likeness (QED) is 0.646. The Morgan fingerprint density at radius 2 is 2.33 bits per heavy atom. The highest BCUT2D eigenvalue weighted by atomic mass is 32.2. The van der Waals surface area contributed by atoms with Gasteiger partial charge in [-0.1, -0.05) is 5.16 Å². The van der Waals surface area contributed by atoms with Gasteiger partial charge in [-0.15, -0.1) is 0 Å². The zero-order valence-electron chi connectivity index (χ0n) is 9.33. The van der Waals surface area contributed by atoms with E-state index in [-0.39, 0.29) is 18.0 Å². The number of aromatic amines is 1. The lowest BCUT2D eigenvalue weighted by Gasteiger charge is -2.02. The molecule has 0 bridgehead atoms. The van der Waals surface area contributed by atoms with Gasteiger partial charge in [0.25, 0.3) is 0 Å². The molecule has 2 rings (SSSR count). The second kappa shape index (κ2) is 5.29. The maximum Gasteiger partial charge on any atom is 0.242 e. The summed E-state index contributed by atoms with van der Waals surface area (Å²) in [6.07, 6.45) is 2.85. The van der Waals surface area contributed by atoms with Gasteiger partial charge < -0.3 is 14.6 Å². The van der Waals surface area contributed by atoms with Crippen LogP contribution in [0.1, 0.15) is 11.5 Å². The van der Waals surface area contributed by atoms with Crippen LogP contribution in [0, 0.1) is 0 Å². The van der Waals surface area contributed by atoms with Crippen molar-refractivity contribution in [2.75, 3.05) is 6.54 Å². The van der Waals surface area contributed by atoms with Gasteiger partial charge in [0.2, 0.25) is 16.4 Å². The molecule has 9 heteroatoms. The van der Waals surface area contributed by atoms with E-state index < -0.39 is 10.0 Å². The number of sulfonamides is 1. The molecule has 0 saturated heterocycles. The monoisotopic (exact) mass is 272 g/mol. The number of nitrogens with one attached hydrogen (secondary N) is 2. The molecule has 0 aromatic carbocycles. The Labute approximate surface area is 103 Å². The number of hydrogen-bond donors (Lipinski definition) is 3. The van der Waals surface area contributed by atoms with Gasteiger partial charge in [0, 0.05) is 24.9 Å². The van der Waals surface area contributed by atoms with Crippen molar-refractivity contribution < 1.29 is 18.0 Å². The highest BCUT2D eigenvalue weighted by Gasteiger charge is 2.15. The number of H-pyrrole nitrogens is 1. The van der Waals surface area contributed by atoms with Crippen LogP contribution in [0.2, 0.25) is 0 Å². The molecule has 0 amide bonds. The van der Waals surface area contributed by atoms with Crippen LogP contribution in [0.25, 0.3) is 0 Å². The van der Waals surface area contributed by atoms with E-state index in [1.54, 1.807) is 0 Å². The molecular weight excluding hydrogens is 260 g/mol. The molecule has 98 valence electrons. The minimum Gasteiger partial charge on any atom is -0.390 e. The van der Waals surface area contributed by atoms with Crippen LogP contribution in [0.3, 0.4) is 0 Å². The lowest BCUT2D eigenvalue weighted by Crippen LogP contribution is -2.25. The number of hydrogen-bond acceptors (Lipinski definition) is 6. The number of nitrogens with zero attached hydrogens (tertiary/aromatic N) is 2. The molecule has 0 aliphatic carbocycles. The van der Waals surface area contributed by atoms with Gasteiger partial charge in [-0.05, 0) is 6.07 Å². The second-order valence-electron chi connectivity index (χ2n) is 3.51. The van der Waals surface area contributed by atoms with Crippen LogP contribution >= 0.6 is 0 Å². The van der Waals surface area contributed by atoms with Crippen molar-refractivity contribution in [2.45, 2.75) is 17.9 Å². The first-order chi connectivity index (χ1) is 8.62. The largest absolute Gasteiger partial charge is 0.390 e. The van der Waals surface area contributed by atoms with Gasteiger partial charge >= 0.3 is 0 Å². The average Bonchev–Trinajstić information content (AvgIpc) is 2.99. The number of rotatable bonds is 6. The summed E-state index contributed by atoms with van der Waals surface area (Å²) in [4.78, 5) is 6.51. The fourth-order valence-corrected chi connectivity index (χ4v) is 2.40. The van der Waals surface area contributed by atoms with Gasteiger partial charge in [0.05, 0.1) is 11.5 Å². The molecule has 2 aromatic heterocycles. The van der Waals surface area contributed by atoms with Gasteiger partial charge in [-0.2, -0.15) is 4.98 Å². The van der Waals surface area contributed by atoms with Crippen molar-refractivity contribution in [2.24, 2.45) is 0 Å². The first-order valence-corrected chi connectivity index (χ1v) is 6.63. The molecule has 0 aliphatic heterocycles. The van der Waals surface area contributed by atoms with Crippen LogP contribution in [0.4, 0.5) is 0 Å². The molecule has 0 saturated carbocycles. The van der Waals surface area contributed by atoms with Crippen molar-refractivity contribution >= 4 is 10.0 Å². The third-order valence-corrected chi connectivity index (χ3v) is 3.69. The maximum absolute atomic E-state index is 11.8. The minimum absolute atomic E-state index is 0.0830. The van der Waals surface area contributed by atoms with E-state index >= 15 is 0 Å². The predicted octanol–water partition coefficient (Wildman–Crippen LogP) is -0.589. The number of aliphatic hydroxyl groups excluding tert-OH is 1. The zero-order chi connectivity index (χ0) is 13.0. The molecule has 3 N–H and O–H groups in total. The second-order valence-corrected chi connectivity index (χ2v) is 5.28. The summed E-state index contributed by atoms with van der Waals surface area (Å²) in [5.41, 5.74) is 0.438. The van der Waals surface area contributed by atoms with E-state index in [0.717, 1.165) is 0 Å². The Kier molecular flexibility index (Phi) is 3.75. The Balaban J connectivity index is 1.95. The van der Waals surface area contributed by atoms with Crippen LogP contribution in [-0.4, -0.2) is 35.2 Å². The van der Waals surface area contributed by atoms with E-state index in [4.69, 9.17) is 5.11 Å². The van der Waals surface area contributed by atoms with Crippen LogP contribution in [-0.2, 0) is 23.1 Å². The van der Waals surface area contributed by atoms with E-state index in [0.29, 0.717) is 17.9 Å². The van der Waals surface area contributed by atoms with Gasteiger partial charge in [0.1, 0.15) is 0 Å². The smallest absolute Gasteiger partial charge is 0.242 e. The average molecular weight is 272 g/mol. The van der Waals surface area contributed by atoms with Gasteiger partial charge in [-0.25, -0.2) is 13.1 Å². The molecular formula is C9H12N4O4S. The fraction of sp³-hybridized carbons (Fsp3) is 0.333. The lowest BCUT2D eigenvalue weighted by molar-refractivity contribution is 0.277. The molecule has 0 spiro atoms. The zero-order valence-corrected chi connectivity index (χ0v) is 10.1. The molecule has 0 atom stereocenters. The van der Waals surface area contributed by atoms with Crippen molar-refractivity contribution in [3.8, 4) is 0 Å². The van der Waals surface area contributed by atoms with Crippen LogP contribution in [0.15, 0.2) is 28.1 Å². The summed E-state index contributed by atoms with van der Waals surface area (Å²) in [5, 5.41) is 12.4. The summed E-state index contributed by atoms with van der Waals surface area (Å²) in [6, 6.07) is 1.37.